The van der Waals surface area contributed by atoms with Crippen molar-refractivity contribution in [2.45, 2.75) is 12.5 Å². The molecule has 1 aliphatic heterocycles. The first-order chi connectivity index (χ1) is 7.61. The molecule has 4 nitrogen and oxygen atoms in total. The summed E-state index contributed by atoms with van der Waals surface area (Å²) in [5.41, 5.74) is 0.410. The van der Waals surface area contributed by atoms with E-state index in [0.717, 1.165) is 0 Å². The lowest BCUT2D eigenvalue weighted by molar-refractivity contribution is -0.148. The van der Waals surface area contributed by atoms with Gasteiger partial charge in [0, 0.05) is 5.02 Å². The number of ether oxygens (including phenoxy) is 2. The first-order valence-corrected chi connectivity index (χ1v) is 5.07. The maximum Gasteiger partial charge on any atom is 0.347 e. The molecule has 0 spiro atoms. The Morgan fingerprint density at radius 3 is 3.00 bits per heavy atom. The fraction of sp³-hybridized carbons (Fsp3) is 0.273. The fourth-order valence-corrected chi connectivity index (χ4v) is 1.73. The molecule has 0 radical (unpaired) electrons. The molecule has 5 heteroatoms. The van der Waals surface area contributed by atoms with Gasteiger partial charge in [-0.25, -0.2) is 4.79 Å². The van der Waals surface area contributed by atoms with Gasteiger partial charge in [-0.05, 0) is 18.2 Å². The van der Waals surface area contributed by atoms with E-state index in [2.05, 4.69) is 4.74 Å². The number of carbonyl (C=O) groups is 2. The quantitative estimate of drug-likeness (QED) is 0.703. The molecular weight excluding hydrogens is 232 g/mol. The van der Waals surface area contributed by atoms with Crippen molar-refractivity contribution < 1.29 is 19.1 Å². The minimum Gasteiger partial charge on any atom is -0.477 e. The summed E-state index contributed by atoms with van der Waals surface area (Å²) in [6.07, 6.45) is -0.869. The molecule has 0 bridgehead atoms. The van der Waals surface area contributed by atoms with Crippen molar-refractivity contribution in [3.8, 4) is 5.75 Å². The number of carbonyl (C=O) groups excluding carboxylic acids is 2. The van der Waals surface area contributed by atoms with E-state index in [9.17, 15) is 9.59 Å². The zero-order chi connectivity index (χ0) is 11.7. The van der Waals surface area contributed by atoms with Crippen molar-refractivity contribution in [1.82, 2.24) is 0 Å². The summed E-state index contributed by atoms with van der Waals surface area (Å²) < 4.78 is 9.89. The summed E-state index contributed by atoms with van der Waals surface area (Å²) in [6.45, 7) is 0. The first kappa shape index (κ1) is 11.0. The van der Waals surface area contributed by atoms with Gasteiger partial charge < -0.3 is 9.47 Å². The van der Waals surface area contributed by atoms with Crippen LogP contribution < -0.4 is 4.74 Å². The third kappa shape index (κ3) is 1.88. The van der Waals surface area contributed by atoms with Crippen LogP contribution in [0, 0.1) is 0 Å². The maximum atomic E-state index is 11.7. The molecule has 1 heterocycles. The molecule has 84 valence electrons. The van der Waals surface area contributed by atoms with E-state index in [1.807, 2.05) is 0 Å². The molecular formula is C11H9ClO4. The zero-order valence-electron chi connectivity index (χ0n) is 8.53. The largest absolute Gasteiger partial charge is 0.477 e. The molecule has 0 unspecified atom stereocenters. The van der Waals surface area contributed by atoms with Gasteiger partial charge in [0.2, 0.25) is 6.10 Å². The van der Waals surface area contributed by atoms with Crippen LogP contribution in [0.1, 0.15) is 16.8 Å². The maximum absolute atomic E-state index is 11.7. The van der Waals surface area contributed by atoms with E-state index in [1.54, 1.807) is 12.1 Å². The standard InChI is InChI=1S/C11H9ClO4/c1-15-11(14)10-5-8(13)7-4-6(12)2-3-9(7)16-10/h2-4,10H,5H2,1H3/t10-/m1/s1. The summed E-state index contributed by atoms with van der Waals surface area (Å²) in [4.78, 5) is 23.0. The number of ketones is 1. The Morgan fingerprint density at radius 1 is 1.56 bits per heavy atom. The molecule has 1 aromatic rings. The van der Waals surface area contributed by atoms with Crippen LogP contribution in [0.3, 0.4) is 0 Å². The monoisotopic (exact) mass is 240 g/mol. The molecule has 0 fully saturated rings. The van der Waals surface area contributed by atoms with Crippen LogP contribution in [0.25, 0.3) is 0 Å². The molecule has 2 rings (SSSR count). The molecule has 0 aromatic heterocycles. The van der Waals surface area contributed by atoms with Crippen molar-refractivity contribution in [2.75, 3.05) is 7.11 Å². The Labute approximate surface area is 97.1 Å². The number of Topliss-reactive ketones (excluding diaryl/α,β-unsaturated/α-hetero) is 1. The van der Waals surface area contributed by atoms with Gasteiger partial charge in [-0.2, -0.15) is 0 Å². The minimum absolute atomic E-state index is 0.0139. The highest BCUT2D eigenvalue weighted by molar-refractivity contribution is 6.31. The first-order valence-electron chi connectivity index (χ1n) is 4.69. The van der Waals surface area contributed by atoms with Crippen molar-refractivity contribution in [2.24, 2.45) is 0 Å². The highest BCUT2D eigenvalue weighted by atomic mass is 35.5. The normalized spacial score (nSPS) is 18.6. The zero-order valence-corrected chi connectivity index (χ0v) is 9.28. The predicted molar refractivity (Wildman–Crippen MR) is 56.8 cm³/mol. The second kappa shape index (κ2) is 4.14. The predicted octanol–water partition coefficient (Wildman–Crippen LogP) is 1.85. The van der Waals surface area contributed by atoms with Crippen molar-refractivity contribution in [3.05, 3.63) is 28.8 Å². The number of rotatable bonds is 1. The third-order valence-corrected chi connectivity index (χ3v) is 2.58. The molecule has 1 atom stereocenters. The van der Waals surface area contributed by atoms with Crippen molar-refractivity contribution >= 4 is 23.4 Å². The average molecular weight is 241 g/mol. The molecule has 0 aliphatic carbocycles. The van der Waals surface area contributed by atoms with Gasteiger partial charge >= 0.3 is 5.97 Å². The molecule has 0 saturated heterocycles. The second-order valence-electron chi connectivity index (χ2n) is 3.40. The van der Waals surface area contributed by atoms with Crippen molar-refractivity contribution in [3.63, 3.8) is 0 Å². The molecule has 1 aromatic carbocycles. The highest BCUT2D eigenvalue weighted by Gasteiger charge is 2.32. The van der Waals surface area contributed by atoms with Crippen LogP contribution in [-0.2, 0) is 9.53 Å². The lowest BCUT2D eigenvalue weighted by Gasteiger charge is -2.23. The van der Waals surface area contributed by atoms with Crippen molar-refractivity contribution in [1.29, 1.82) is 0 Å². The van der Waals surface area contributed by atoms with E-state index in [4.69, 9.17) is 16.3 Å². The summed E-state index contributed by atoms with van der Waals surface area (Å²) in [6, 6.07) is 4.71. The van der Waals surface area contributed by atoms with Gasteiger partial charge in [-0.1, -0.05) is 11.6 Å². The topological polar surface area (TPSA) is 52.6 Å². The number of hydrogen-bond donors (Lipinski definition) is 0. The smallest absolute Gasteiger partial charge is 0.347 e. The van der Waals surface area contributed by atoms with Gasteiger partial charge in [0.05, 0.1) is 19.1 Å². The van der Waals surface area contributed by atoms with Gasteiger partial charge in [-0.3, -0.25) is 4.79 Å². The number of methoxy groups -OCH3 is 1. The SMILES string of the molecule is COC(=O)[C@H]1CC(=O)c2cc(Cl)ccc2O1. The number of hydrogen-bond acceptors (Lipinski definition) is 4. The van der Waals surface area contributed by atoms with E-state index < -0.39 is 12.1 Å². The second-order valence-corrected chi connectivity index (χ2v) is 3.83. The van der Waals surface area contributed by atoms with Crippen LogP contribution >= 0.6 is 11.6 Å². The fourth-order valence-electron chi connectivity index (χ4n) is 1.56. The number of esters is 1. The van der Waals surface area contributed by atoms with Crippen LogP contribution in [0.2, 0.25) is 5.02 Å². The molecule has 1 aliphatic rings. The Bertz CT molecular complexity index is 455. The minimum atomic E-state index is -0.855. The summed E-state index contributed by atoms with van der Waals surface area (Å²) in [5.74, 6) is -0.343. The summed E-state index contributed by atoms with van der Waals surface area (Å²) in [7, 11) is 1.26. The average Bonchev–Trinajstić information content (AvgIpc) is 2.28. The summed E-state index contributed by atoms with van der Waals surface area (Å²) in [5, 5.41) is 0.465. The van der Waals surface area contributed by atoms with E-state index in [0.29, 0.717) is 16.3 Å². The van der Waals surface area contributed by atoms with Gasteiger partial charge in [0.1, 0.15) is 5.75 Å². The van der Waals surface area contributed by atoms with Crippen LogP contribution in [0.15, 0.2) is 18.2 Å². The van der Waals surface area contributed by atoms with Crippen LogP contribution in [0.4, 0.5) is 0 Å². The van der Waals surface area contributed by atoms with Crippen LogP contribution in [-0.4, -0.2) is 25.0 Å². The molecule has 0 amide bonds. The van der Waals surface area contributed by atoms with Crippen LogP contribution in [0.5, 0.6) is 5.75 Å². The van der Waals surface area contributed by atoms with E-state index in [1.165, 1.54) is 13.2 Å². The Morgan fingerprint density at radius 2 is 2.31 bits per heavy atom. The van der Waals surface area contributed by atoms with E-state index >= 15 is 0 Å². The lowest BCUT2D eigenvalue weighted by Crippen LogP contribution is -2.34. The van der Waals surface area contributed by atoms with Gasteiger partial charge in [0.25, 0.3) is 0 Å². The van der Waals surface area contributed by atoms with Gasteiger partial charge in [-0.15, -0.1) is 0 Å². The summed E-state index contributed by atoms with van der Waals surface area (Å²) >= 11 is 5.77. The molecule has 0 N–H and O–H groups in total. The Balaban J connectivity index is 2.33. The number of halogens is 1. The van der Waals surface area contributed by atoms with E-state index in [-0.39, 0.29) is 12.2 Å². The Kier molecular flexibility index (Phi) is 2.83. The highest BCUT2D eigenvalue weighted by Crippen LogP contribution is 2.30. The Hall–Kier alpha value is -1.55. The molecule has 16 heavy (non-hydrogen) atoms. The number of fused-ring (bicyclic) bond motifs is 1. The molecule has 0 saturated carbocycles. The number of benzene rings is 1. The third-order valence-electron chi connectivity index (χ3n) is 2.35. The van der Waals surface area contributed by atoms with Gasteiger partial charge in [0.15, 0.2) is 5.78 Å². The lowest BCUT2D eigenvalue weighted by atomic mass is 10.0.